The van der Waals surface area contributed by atoms with Crippen LogP contribution in [0.1, 0.15) is 28.4 Å². The van der Waals surface area contributed by atoms with E-state index in [1.165, 1.54) is 6.07 Å². The zero-order valence-electron chi connectivity index (χ0n) is 21.9. The number of phenols is 2. The number of aryl methyl sites for hydroxylation is 2. The van der Waals surface area contributed by atoms with Crippen LogP contribution in [0.25, 0.3) is 5.69 Å². The van der Waals surface area contributed by atoms with Gasteiger partial charge in [-0.25, -0.2) is 14.7 Å². The maximum Gasteiger partial charge on any atom is 0.179 e. The van der Waals surface area contributed by atoms with E-state index in [0.717, 1.165) is 45.1 Å². The van der Waals surface area contributed by atoms with Gasteiger partial charge in [-0.05, 0) is 67.9 Å². The summed E-state index contributed by atoms with van der Waals surface area (Å²) in [5, 5.41) is 29.1. The van der Waals surface area contributed by atoms with Gasteiger partial charge in [-0.15, -0.1) is 0 Å². The molecule has 0 amide bonds. The second-order valence-corrected chi connectivity index (χ2v) is 9.97. The van der Waals surface area contributed by atoms with Crippen molar-refractivity contribution < 1.29 is 10.2 Å². The van der Waals surface area contributed by atoms with Crippen LogP contribution in [0.5, 0.6) is 11.5 Å². The number of phenolic OH excluding ortho intramolecular Hbond substituents is 2. The van der Waals surface area contributed by atoms with E-state index in [1.54, 1.807) is 6.07 Å². The third-order valence-electron chi connectivity index (χ3n) is 7.27. The molecule has 0 spiro atoms. The van der Waals surface area contributed by atoms with E-state index in [2.05, 4.69) is 17.1 Å². The van der Waals surface area contributed by atoms with Crippen LogP contribution in [0, 0.1) is 13.8 Å². The molecule has 1 aromatic heterocycles. The average molecular weight is 527 g/mol. The quantitative estimate of drug-likeness (QED) is 0.227. The minimum absolute atomic E-state index is 0.173. The Morgan fingerprint density at radius 2 is 1.52 bits per heavy atom. The minimum Gasteiger partial charge on any atom is -0.504 e. The highest BCUT2D eigenvalue weighted by molar-refractivity contribution is 6.51. The molecule has 8 nitrogen and oxygen atoms in total. The predicted octanol–water partition coefficient (Wildman–Crippen LogP) is 6.70. The zero-order valence-corrected chi connectivity index (χ0v) is 21.9. The molecule has 2 aliphatic heterocycles. The molecule has 5 aromatic rings. The Morgan fingerprint density at radius 1 is 0.775 bits per heavy atom. The van der Waals surface area contributed by atoms with Crippen LogP contribution in [0.4, 0.5) is 22.9 Å². The van der Waals surface area contributed by atoms with Crippen molar-refractivity contribution in [2.24, 2.45) is 9.98 Å². The number of amidine groups is 2. The van der Waals surface area contributed by atoms with Gasteiger partial charge in [0.25, 0.3) is 0 Å². The Kier molecular flexibility index (Phi) is 5.41. The van der Waals surface area contributed by atoms with Crippen LogP contribution in [-0.2, 0) is 0 Å². The van der Waals surface area contributed by atoms with Gasteiger partial charge in [0.1, 0.15) is 0 Å². The molecule has 7 rings (SSSR count). The first-order valence-corrected chi connectivity index (χ1v) is 13.0. The number of nitrogens with zero attached hydrogens (tertiary/aromatic N) is 5. The summed E-state index contributed by atoms with van der Waals surface area (Å²) in [6.45, 7) is 4.03. The van der Waals surface area contributed by atoms with Crippen LogP contribution in [0.3, 0.4) is 0 Å². The van der Waals surface area contributed by atoms with E-state index in [9.17, 15) is 10.2 Å². The van der Waals surface area contributed by atoms with Crippen molar-refractivity contribution in [2.75, 3.05) is 10.2 Å². The molecule has 0 radical (unpaired) electrons. The molecule has 4 aromatic carbocycles. The monoisotopic (exact) mass is 526 g/mol. The summed E-state index contributed by atoms with van der Waals surface area (Å²) in [6, 6.07) is 30.5. The number of hydrogen-bond acceptors (Lipinski definition) is 7. The van der Waals surface area contributed by atoms with Crippen molar-refractivity contribution in [1.29, 1.82) is 0 Å². The molecule has 196 valence electrons. The highest BCUT2D eigenvalue weighted by Gasteiger charge is 2.41. The average Bonchev–Trinajstić information content (AvgIpc) is 3.31. The zero-order chi connectivity index (χ0) is 27.4. The molecule has 0 saturated heterocycles. The Hall–Kier alpha value is -5.37. The molecule has 8 heteroatoms. The fourth-order valence-electron chi connectivity index (χ4n) is 5.35. The molecule has 1 atom stereocenters. The molecule has 3 heterocycles. The SMILES string of the molecule is Cc1ccc(NC2=Nc3ccccc3N3C2=Nc2c(c(C)nn2-c2ccccc2)[C@@H]3c2ccc(O)c(O)c2)cc1. The lowest BCUT2D eigenvalue weighted by Gasteiger charge is -2.40. The second-order valence-electron chi connectivity index (χ2n) is 9.97. The number of benzene rings is 4. The third kappa shape index (κ3) is 3.80. The van der Waals surface area contributed by atoms with Crippen molar-refractivity contribution >= 4 is 34.6 Å². The van der Waals surface area contributed by atoms with Gasteiger partial charge >= 0.3 is 0 Å². The fourth-order valence-corrected chi connectivity index (χ4v) is 5.35. The number of hydrogen-bond donors (Lipinski definition) is 3. The van der Waals surface area contributed by atoms with Gasteiger partial charge in [-0.2, -0.15) is 5.10 Å². The van der Waals surface area contributed by atoms with Crippen LogP contribution in [0.15, 0.2) is 107 Å². The highest BCUT2D eigenvalue weighted by atomic mass is 16.3. The van der Waals surface area contributed by atoms with Crippen molar-refractivity contribution in [2.45, 2.75) is 19.9 Å². The molecule has 0 unspecified atom stereocenters. The highest BCUT2D eigenvalue weighted by Crippen LogP contribution is 2.49. The molecule has 0 aliphatic carbocycles. The summed E-state index contributed by atoms with van der Waals surface area (Å²) >= 11 is 0. The van der Waals surface area contributed by atoms with Gasteiger partial charge in [0.15, 0.2) is 29.0 Å². The van der Waals surface area contributed by atoms with Crippen molar-refractivity contribution in [3.63, 3.8) is 0 Å². The van der Waals surface area contributed by atoms with Crippen LogP contribution >= 0.6 is 0 Å². The van der Waals surface area contributed by atoms with Gasteiger partial charge in [0, 0.05) is 11.3 Å². The van der Waals surface area contributed by atoms with Gasteiger partial charge in [0.05, 0.1) is 28.8 Å². The first-order valence-electron chi connectivity index (χ1n) is 13.0. The van der Waals surface area contributed by atoms with Gasteiger partial charge in [-0.3, -0.25) is 0 Å². The van der Waals surface area contributed by atoms with E-state index >= 15 is 0 Å². The lowest BCUT2D eigenvalue weighted by Crippen LogP contribution is -2.46. The van der Waals surface area contributed by atoms with Crippen molar-refractivity contribution in [3.05, 3.63) is 119 Å². The largest absolute Gasteiger partial charge is 0.504 e. The normalized spacial score (nSPS) is 15.4. The fraction of sp³-hybridized carbons (Fsp3) is 0.0938. The lowest BCUT2D eigenvalue weighted by atomic mass is 9.93. The molecular weight excluding hydrogens is 500 g/mol. The maximum absolute atomic E-state index is 10.5. The molecule has 40 heavy (non-hydrogen) atoms. The van der Waals surface area contributed by atoms with E-state index in [-0.39, 0.29) is 11.5 Å². The van der Waals surface area contributed by atoms with Gasteiger partial charge < -0.3 is 20.4 Å². The van der Waals surface area contributed by atoms with Gasteiger partial charge in [0.2, 0.25) is 0 Å². The van der Waals surface area contributed by atoms with E-state index in [1.807, 2.05) is 96.5 Å². The summed E-state index contributed by atoms with van der Waals surface area (Å²) in [4.78, 5) is 12.4. The standard InChI is InChI=1S/C32H26N6O2/c1-19-12-15-22(16-13-19)33-30-32-35-31-28(20(2)36-38(31)23-8-4-3-5-9-23)29(21-14-17-26(39)27(40)18-21)37(32)25-11-7-6-10-24(25)34-30/h3-18,29,39-40H,1-2H3,(H,33,34)/t29-/m0/s1. The van der Waals surface area contributed by atoms with E-state index in [4.69, 9.17) is 15.1 Å². The maximum atomic E-state index is 10.5. The Bertz CT molecular complexity index is 1820. The van der Waals surface area contributed by atoms with Crippen molar-refractivity contribution in [1.82, 2.24) is 9.78 Å². The summed E-state index contributed by atoms with van der Waals surface area (Å²) in [5.41, 5.74) is 7.12. The minimum atomic E-state index is -0.405. The number of rotatable bonds is 3. The topological polar surface area (TPSA) is 98.3 Å². The Balaban J connectivity index is 1.50. The smallest absolute Gasteiger partial charge is 0.179 e. The van der Waals surface area contributed by atoms with E-state index < -0.39 is 6.04 Å². The summed E-state index contributed by atoms with van der Waals surface area (Å²) in [5.74, 6) is 1.55. The summed E-state index contributed by atoms with van der Waals surface area (Å²) in [6.07, 6.45) is 0. The molecule has 2 aliphatic rings. The third-order valence-corrected chi connectivity index (χ3v) is 7.27. The molecule has 0 saturated carbocycles. The first kappa shape index (κ1) is 23.7. The van der Waals surface area contributed by atoms with Crippen molar-refractivity contribution in [3.8, 4) is 17.2 Å². The lowest BCUT2D eigenvalue weighted by molar-refractivity contribution is 0.403. The predicted molar refractivity (Wildman–Crippen MR) is 158 cm³/mol. The van der Waals surface area contributed by atoms with Crippen LogP contribution in [0.2, 0.25) is 0 Å². The number of fused-ring (bicyclic) bond motifs is 4. The van der Waals surface area contributed by atoms with E-state index in [0.29, 0.717) is 17.5 Å². The van der Waals surface area contributed by atoms with Crippen LogP contribution in [-0.4, -0.2) is 31.7 Å². The number of para-hydroxylation sites is 3. The number of aromatic nitrogens is 2. The Morgan fingerprint density at radius 3 is 2.30 bits per heavy atom. The molecule has 0 fully saturated rings. The number of anilines is 2. The summed E-state index contributed by atoms with van der Waals surface area (Å²) in [7, 11) is 0. The second kappa shape index (κ2) is 9.13. The number of nitrogens with one attached hydrogen (secondary N) is 1. The number of aliphatic imine (C=N–C) groups is 2. The Labute approximate surface area is 231 Å². The molecular formula is C32H26N6O2. The first-order chi connectivity index (χ1) is 19.5. The molecule has 0 bridgehead atoms. The number of aromatic hydroxyl groups is 2. The summed E-state index contributed by atoms with van der Waals surface area (Å²) < 4.78 is 1.85. The van der Waals surface area contributed by atoms with Crippen LogP contribution < -0.4 is 10.2 Å². The van der Waals surface area contributed by atoms with Gasteiger partial charge in [-0.1, -0.05) is 54.1 Å². The molecule has 3 N–H and O–H groups in total.